The van der Waals surface area contributed by atoms with Crippen LogP contribution in [0.2, 0.25) is 5.02 Å². The summed E-state index contributed by atoms with van der Waals surface area (Å²) in [7, 11) is 1.59. The molecule has 0 bridgehead atoms. The zero-order valence-corrected chi connectivity index (χ0v) is 21.9. The van der Waals surface area contributed by atoms with Gasteiger partial charge in [-0.2, -0.15) is 0 Å². The molecule has 2 unspecified atom stereocenters. The number of rotatable bonds is 8. The first-order chi connectivity index (χ1) is 17.5. The molecule has 2 atom stereocenters. The van der Waals surface area contributed by atoms with Crippen molar-refractivity contribution in [3.05, 3.63) is 71.0 Å². The van der Waals surface area contributed by atoms with Gasteiger partial charge >= 0.3 is 0 Å². The minimum Gasteiger partial charge on any atom is -0.497 e. The fourth-order valence-corrected chi connectivity index (χ4v) is 6.06. The summed E-state index contributed by atoms with van der Waals surface area (Å²) in [4.78, 5) is 10.4. The molecule has 0 spiro atoms. The number of fused-ring (bicyclic) bond motifs is 1. The van der Waals surface area contributed by atoms with Gasteiger partial charge in [-0.15, -0.1) is 11.3 Å². The van der Waals surface area contributed by atoms with Gasteiger partial charge in [-0.25, -0.2) is 9.97 Å². The normalized spacial score (nSPS) is 19.7. The minimum absolute atomic E-state index is 0.228. The van der Waals surface area contributed by atoms with E-state index in [1.165, 1.54) is 16.5 Å². The van der Waals surface area contributed by atoms with Gasteiger partial charge in [0.15, 0.2) is 6.23 Å². The van der Waals surface area contributed by atoms with Gasteiger partial charge in [-0.3, -0.25) is 5.32 Å². The van der Waals surface area contributed by atoms with E-state index in [0.29, 0.717) is 22.4 Å². The van der Waals surface area contributed by atoms with E-state index in [0.717, 1.165) is 36.2 Å². The number of aromatic nitrogens is 2. The van der Waals surface area contributed by atoms with Gasteiger partial charge < -0.3 is 14.6 Å². The largest absolute Gasteiger partial charge is 0.497 e. The van der Waals surface area contributed by atoms with Gasteiger partial charge in [0, 0.05) is 34.4 Å². The van der Waals surface area contributed by atoms with Crippen molar-refractivity contribution in [2.24, 2.45) is 0 Å². The lowest BCUT2D eigenvalue weighted by atomic mass is 9.82. The zero-order chi connectivity index (χ0) is 25.1. The second-order valence-corrected chi connectivity index (χ2v) is 10.5. The van der Waals surface area contributed by atoms with Crippen molar-refractivity contribution in [1.29, 1.82) is 0 Å². The number of ether oxygens (including phenoxy) is 2. The number of aliphatic hydroxyl groups is 1. The van der Waals surface area contributed by atoms with E-state index in [-0.39, 0.29) is 6.04 Å². The van der Waals surface area contributed by atoms with Gasteiger partial charge in [0.25, 0.3) is 0 Å². The summed E-state index contributed by atoms with van der Waals surface area (Å²) in [6, 6.07) is 16.0. The number of methoxy groups -OCH3 is 1. The summed E-state index contributed by atoms with van der Waals surface area (Å²) >= 11 is 8.03. The Balaban J connectivity index is 1.28. The number of nitrogens with zero attached hydrogens (tertiary/aromatic N) is 2. The highest BCUT2D eigenvalue weighted by Crippen LogP contribution is 2.41. The van der Waals surface area contributed by atoms with Crippen LogP contribution >= 0.6 is 22.9 Å². The maximum absolute atomic E-state index is 10.4. The second kappa shape index (κ2) is 11.1. The van der Waals surface area contributed by atoms with E-state index < -0.39 is 12.3 Å². The van der Waals surface area contributed by atoms with Crippen molar-refractivity contribution in [1.82, 2.24) is 15.3 Å². The Kier molecular flexibility index (Phi) is 7.72. The SMILES string of the molecule is COc1ccc(OC(NC2CCC(c3ncnc4scc(-c5ccccc5)c34)CC2)C(C)O)c(Cl)c1. The lowest BCUT2D eigenvalue weighted by Crippen LogP contribution is -2.49. The van der Waals surface area contributed by atoms with E-state index in [9.17, 15) is 5.11 Å². The number of hydrogen-bond donors (Lipinski definition) is 2. The van der Waals surface area contributed by atoms with Crippen LogP contribution in [0, 0.1) is 0 Å². The van der Waals surface area contributed by atoms with E-state index in [4.69, 9.17) is 26.1 Å². The van der Waals surface area contributed by atoms with E-state index in [1.54, 1.807) is 49.9 Å². The summed E-state index contributed by atoms with van der Waals surface area (Å²) < 4.78 is 11.3. The highest BCUT2D eigenvalue weighted by Gasteiger charge is 2.29. The van der Waals surface area contributed by atoms with E-state index in [2.05, 4.69) is 39.9 Å². The first-order valence-corrected chi connectivity index (χ1v) is 13.5. The van der Waals surface area contributed by atoms with Crippen LogP contribution in [0.15, 0.2) is 60.2 Å². The van der Waals surface area contributed by atoms with Gasteiger partial charge in [-0.1, -0.05) is 41.9 Å². The monoisotopic (exact) mass is 523 g/mol. The molecule has 4 aromatic rings. The van der Waals surface area contributed by atoms with Crippen LogP contribution in [0.4, 0.5) is 0 Å². The third kappa shape index (κ3) is 5.34. The maximum atomic E-state index is 10.4. The average Bonchev–Trinajstić information content (AvgIpc) is 3.34. The van der Waals surface area contributed by atoms with Crippen LogP contribution in [-0.2, 0) is 0 Å². The maximum Gasteiger partial charge on any atom is 0.176 e. The van der Waals surface area contributed by atoms with Gasteiger partial charge in [0.05, 0.1) is 17.8 Å². The first kappa shape index (κ1) is 25.0. The molecule has 0 amide bonds. The topological polar surface area (TPSA) is 76.5 Å². The third-order valence-electron chi connectivity index (χ3n) is 6.83. The number of halogens is 1. The molecule has 2 heterocycles. The highest BCUT2D eigenvalue weighted by atomic mass is 35.5. The molecule has 1 aliphatic carbocycles. The minimum atomic E-state index is -0.707. The van der Waals surface area contributed by atoms with Crippen LogP contribution in [0.3, 0.4) is 0 Å². The molecule has 0 aliphatic heterocycles. The number of nitrogens with one attached hydrogen (secondary N) is 1. The molecular weight excluding hydrogens is 494 g/mol. The Morgan fingerprint density at radius 2 is 1.86 bits per heavy atom. The molecule has 0 saturated heterocycles. The van der Waals surface area contributed by atoms with E-state index in [1.807, 2.05) is 6.07 Å². The lowest BCUT2D eigenvalue weighted by Gasteiger charge is -2.33. The summed E-state index contributed by atoms with van der Waals surface area (Å²) in [5, 5.41) is 17.7. The smallest absolute Gasteiger partial charge is 0.176 e. The van der Waals surface area contributed by atoms with Gasteiger partial charge in [0.1, 0.15) is 28.8 Å². The summed E-state index contributed by atoms with van der Waals surface area (Å²) in [6.45, 7) is 1.72. The number of hydrogen-bond acceptors (Lipinski definition) is 7. The molecule has 1 fully saturated rings. The average molecular weight is 524 g/mol. The molecule has 1 aliphatic rings. The number of benzene rings is 2. The van der Waals surface area contributed by atoms with Crippen molar-refractivity contribution >= 4 is 33.2 Å². The van der Waals surface area contributed by atoms with Crippen molar-refractivity contribution in [3.63, 3.8) is 0 Å². The quantitative estimate of drug-likeness (QED) is 0.259. The van der Waals surface area contributed by atoms with Crippen molar-refractivity contribution in [2.45, 2.75) is 56.9 Å². The Labute approximate surface area is 220 Å². The Morgan fingerprint density at radius 1 is 1.08 bits per heavy atom. The van der Waals surface area contributed by atoms with Crippen LogP contribution in [-0.4, -0.2) is 40.6 Å². The molecule has 5 rings (SSSR count). The Bertz CT molecular complexity index is 1310. The van der Waals surface area contributed by atoms with Crippen LogP contribution in [0.5, 0.6) is 11.5 Å². The van der Waals surface area contributed by atoms with Crippen molar-refractivity contribution < 1.29 is 14.6 Å². The van der Waals surface area contributed by atoms with Gasteiger partial charge in [-0.05, 0) is 50.3 Å². The molecule has 6 nitrogen and oxygen atoms in total. The standard InChI is InChI=1S/C28H30ClN3O3S/c1-17(33)27(35-24-13-12-21(34-2)14-23(24)29)32-20-10-8-19(9-11-20)26-25-22(18-6-4-3-5-7-18)15-36-28(25)31-16-30-26/h3-7,12-17,19-20,27,32-33H,8-11H2,1-2H3. The van der Waals surface area contributed by atoms with Crippen molar-refractivity contribution in [3.8, 4) is 22.6 Å². The Morgan fingerprint density at radius 3 is 2.56 bits per heavy atom. The van der Waals surface area contributed by atoms with Crippen LogP contribution in [0.1, 0.15) is 44.2 Å². The fraction of sp³-hybridized carbons (Fsp3) is 0.357. The van der Waals surface area contributed by atoms with Gasteiger partial charge in [0.2, 0.25) is 0 Å². The summed E-state index contributed by atoms with van der Waals surface area (Å²) in [5.41, 5.74) is 3.56. The predicted octanol–water partition coefficient (Wildman–Crippen LogP) is 6.42. The Hall–Kier alpha value is -2.71. The summed E-state index contributed by atoms with van der Waals surface area (Å²) in [5.74, 6) is 1.54. The molecule has 8 heteroatoms. The second-order valence-electron chi connectivity index (χ2n) is 9.25. The molecule has 2 aromatic carbocycles. The lowest BCUT2D eigenvalue weighted by molar-refractivity contribution is 0.0155. The molecule has 36 heavy (non-hydrogen) atoms. The highest BCUT2D eigenvalue weighted by molar-refractivity contribution is 7.17. The number of thiophene rings is 1. The molecular formula is C28H30ClN3O3S. The predicted molar refractivity (Wildman–Crippen MR) is 145 cm³/mol. The molecule has 1 saturated carbocycles. The number of aliphatic hydroxyl groups excluding tert-OH is 1. The first-order valence-electron chi connectivity index (χ1n) is 12.2. The molecule has 188 valence electrons. The molecule has 2 aromatic heterocycles. The van der Waals surface area contributed by atoms with E-state index >= 15 is 0 Å². The van der Waals surface area contributed by atoms with Crippen LogP contribution in [0.25, 0.3) is 21.3 Å². The molecule has 2 N–H and O–H groups in total. The van der Waals surface area contributed by atoms with Crippen molar-refractivity contribution in [2.75, 3.05) is 7.11 Å². The third-order valence-corrected chi connectivity index (χ3v) is 8.01. The molecule has 0 radical (unpaired) electrons. The van der Waals surface area contributed by atoms with Crippen LogP contribution < -0.4 is 14.8 Å². The fourth-order valence-electron chi connectivity index (χ4n) is 4.92. The summed E-state index contributed by atoms with van der Waals surface area (Å²) in [6.07, 6.45) is 4.36. The zero-order valence-electron chi connectivity index (χ0n) is 20.4.